The normalized spacial score (nSPS) is 10.5. The van der Waals surface area contributed by atoms with Crippen LogP contribution >= 0.6 is 23.2 Å². The van der Waals surface area contributed by atoms with E-state index in [4.69, 9.17) is 33.7 Å². The Labute approximate surface area is 120 Å². The van der Waals surface area contributed by atoms with Crippen LogP contribution in [0.15, 0.2) is 18.2 Å². The van der Waals surface area contributed by atoms with Gasteiger partial charge in [-0.3, -0.25) is 0 Å². The first-order valence-electron chi connectivity index (χ1n) is 5.70. The summed E-state index contributed by atoms with van der Waals surface area (Å²) >= 11 is 12.0. The second-order valence-electron chi connectivity index (χ2n) is 3.77. The van der Waals surface area contributed by atoms with Gasteiger partial charge in [-0.15, -0.1) is 0 Å². The molecule has 1 aromatic heterocycles. The molecule has 7 heteroatoms. The highest BCUT2D eigenvalue weighted by Gasteiger charge is 2.11. The molecule has 2 rings (SSSR count). The van der Waals surface area contributed by atoms with E-state index in [0.29, 0.717) is 28.0 Å². The molecule has 0 saturated heterocycles. The summed E-state index contributed by atoms with van der Waals surface area (Å²) in [7, 11) is 0. The standard InChI is InChI=1S/C12H12Cl2N4O/c1-2-5-19-12-17-10(16-11(15)18-12)8-4-3-7(13)6-9(8)14/h3-4,6H,2,5H2,1H3,(H2,15,16,17,18). The zero-order chi connectivity index (χ0) is 13.8. The average molecular weight is 299 g/mol. The number of nitrogen functional groups attached to an aromatic ring is 1. The summed E-state index contributed by atoms with van der Waals surface area (Å²) in [5, 5.41) is 0.984. The highest BCUT2D eigenvalue weighted by molar-refractivity contribution is 6.36. The molecule has 2 N–H and O–H groups in total. The number of benzene rings is 1. The second kappa shape index (κ2) is 6.04. The van der Waals surface area contributed by atoms with E-state index in [2.05, 4.69) is 15.0 Å². The molecule has 0 bridgehead atoms. The van der Waals surface area contributed by atoms with Crippen molar-refractivity contribution in [2.45, 2.75) is 13.3 Å². The number of nitrogens with two attached hydrogens (primary N) is 1. The van der Waals surface area contributed by atoms with E-state index in [-0.39, 0.29) is 12.0 Å². The second-order valence-corrected chi connectivity index (χ2v) is 4.62. The fraction of sp³-hybridized carbons (Fsp3) is 0.250. The fourth-order valence-corrected chi connectivity index (χ4v) is 1.91. The molecule has 0 radical (unpaired) electrons. The Morgan fingerprint density at radius 1 is 1.21 bits per heavy atom. The summed E-state index contributed by atoms with van der Waals surface area (Å²) in [6, 6.07) is 5.24. The van der Waals surface area contributed by atoms with E-state index in [1.54, 1.807) is 18.2 Å². The van der Waals surface area contributed by atoms with Crippen molar-refractivity contribution in [3.05, 3.63) is 28.2 Å². The maximum Gasteiger partial charge on any atom is 0.321 e. The van der Waals surface area contributed by atoms with E-state index in [1.807, 2.05) is 6.92 Å². The van der Waals surface area contributed by atoms with Crippen molar-refractivity contribution in [2.24, 2.45) is 0 Å². The van der Waals surface area contributed by atoms with Crippen LogP contribution in [-0.4, -0.2) is 21.6 Å². The number of hydrogen-bond donors (Lipinski definition) is 1. The molecular formula is C12H12Cl2N4O. The molecule has 1 heterocycles. The minimum absolute atomic E-state index is 0.0853. The van der Waals surface area contributed by atoms with Gasteiger partial charge in [0.1, 0.15) is 0 Å². The number of anilines is 1. The highest BCUT2D eigenvalue weighted by atomic mass is 35.5. The van der Waals surface area contributed by atoms with Gasteiger partial charge in [0.25, 0.3) is 0 Å². The van der Waals surface area contributed by atoms with Crippen molar-refractivity contribution in [1.82, 2.24) is 15.0 Å². The van der Waals surface area contributed by atoms with Gasteiger partial charge in [0.05, 0.1) is 11.6 Å². The maximum absolute atomic E-state index is 6.11. The largest absolute Gasteiger partial charge is 0.463 e. The van der Waals surface area contributed by atoms with Gasteiger partial charge in [-0.1, -0.05) is 30.1 Å². The molecule has 0 spiro atoms. The smallest absolute Gasteiger partial charge is 0.321 e. The number of rotatable bonds is 4. The van der Waals surface area contributed by atoms with Crippen molar-refractivity contribution in [3.63, 3.8) is 0 Å². The molecule has 0 saturated carbocycles. The van der Waals surface area contributed by atoms with E-state index in [0.717, 1.165) is 6.42 Å². The topological polar surface area (TPSA) is 73.9 Å². The minimum Gasteiger partial charge on any atom is -0.463 e. The van der Waals surface area contributed by atoms with E-state index >= 15 is 0 Å². The highest BCUT2D eigenvalue weighted by Crippen LogP contribution is 2.28. The van der Waals surface area contributed by atoms with Gasteiger partial charge in [0.2, 0.25) is 5.95 Å². The van der Waals surface area contributed by atoms with Crippen LogP contribution in [-0.2, 0) is 0 Å². The Balaban J connectivity index is 2.41. The van der Waals surface area contributed by atoms with E-state index in [1.165, 1.54) is 0 Å². The summed E-state index contributed by atoms with van der Waals surface area (Å²) < 4.78 is 5.35. The van der Waals surface area contributed by atoms with Crippen LogP contribution < -0.4 is 10.5 Å². The summed E-state index contributed by atoms with van der Waals surface area (Å²) in [5.74, 6) is 0.447. The van der Waals surface area contributed by atoms with Crippen LogP contribution in [0.25, 0.3) is 11.4 Å². The molecule has 19 heavy (non-hydrogen) atoms. The maximum atomic E-state index is 6.11. The lowest BCUT2D eigenvalue weighted by Gasteiger charge is -2.07. The molecule has 0 atom stereocenters. The number of ether oxygens (including phenoxy) is 1. The van der Waals surface area contributed by atoms with Crippen LogP contribution in [0.3, 0.4) is 0 Å². The predicted octanol–water partition coefficient (Wildman–Crippen LogP) is 3.22. The Bertz CT molecular complexity index is 592. The van der Waals surface area contributed by atoms with Crippen molar-refractivity contribution >= 4 is 29.2 Å². The molecule has 100 valence electrons. The molecule has 1 aromatic carbocycles. The molecule has 0 unspecified atom stereocenters. The third kappa shape index (κ3) is 3.45. The third-order valence-electron chi connectivity index (χ3n) is 2.24. The van der Waals surface area contributed by atoms with Gasteiger partial charge in [-0.25, -0.2) is 0 Å². The molecule has 5 nitrogen and oxygen atoms in total. The molecule has 0 aliphatic heterocycles. The SMILES string of the molecule is CCCOc1nc(N)nc(-c2ccc(Cl)cc2Cl)n1. The molecule has 2 aromatic rings. The van der Waals surface area contributed by atoms with Crippen molar-refractivity contribution in [2.75, 3.05) is 12.3 Å². The van der Waals surface area contributed by atoms with Gasteiger partial charge in [0, 0.05) is 10.6 Å². The lowest BCUT2D eigenvalue weighted by Crippen LogP contribution is -2.05. The number of halogens is 2. The van der Waals surface area contributed by atoms with Crippen LogP contribution in [0.4, 0.5) is 5.95 Å². The monoisotopic (exact) mass is 298 g/mol. The van der Waals surface area contributed by atoms with E-state index in [9.17, 15) is 0 Å². The lowest BCUT2D eigenvalue weighted by molar-refractivity contribution is 0.292. The molecule has 0 fully saturated rings. The Morgan fingerprint density at radius 2 is 2.00 bits per heavy atom. The first-order chi connectivity index (χ1) is 9.10. The molecule has 0 amide bonds. The predicted molar refractivity (Wildman–Crippen MR) is 75.5 cm³/mol. The summed E-state index contributed by atoms with van der Waals surface area (Å²) in [6.07, 6.45) is 0.850. The van der Waals surface area contributed by atoms with E-state index < -0.39 is 0 Å². The first kappa shape index (κ1) is 13.8. The Hall–Kier alpha value is -1.59. The minimum atomic E-state index is 0.0853. The zero-order valence-corrected chi connectivity index (χ0v) is 11.7. The lowest BCUT2D eigenvalue weighted by atomic mass is 10.2. The van der Waals surface area contributed by atoms with Crippen LogP contribution in [0.2, 0.25) is 10.0 Å². The average Bonchev–Trinajstić information content (AvgIpc) is 2.35. The molecule has 0 aliphatic rings. The van der Waals surface area contributed by atoms with Crippen LogP contribution in [0.5, 0.6) is 6.01 Å². The van der Waals surface area contributed by atoms with Gasteiger partial charge in [0.15, 0.2) is 5.82 Å². The Kier molecular flexibility index (Phi) is 4.39. The quantitative estimate of drug-likeness (QED) is 0.938. The number of nitrogens with zero attached hydrogens (tertiary/aromatic N) is 3. The van der Waals surface area contributed by atoms with Crippen molar-refractivity contribution in [3.8, 4) is 17.4 Å². The van der Waals surface area contributed by atoms with Crippen molar-refractivity contribution in [1.29, 1.82) is 0 Å². The van der Waals surface area contributed by atoms with Crippen LogP contribution in [0, 0.1) is 0 Å². The van der Waals surface area contributed by atoms with Gasteiger partial charge in [-0.05, 0) is 24.6 Å². The van der Waals surface area contributed by atoms with Gasteiger partial charge < -0.3 is 10.5 Å². The van der Waals surface area contributed by atoms with Crippen molar-refractivity contribution < 1.29 is 4.74 Å². The van der Waals surface area contributed by atoms with Crippen LogP contribution in [0.1, 0.15) is 13.3 Å². The zero-order valence-electron chi connectivity index (χ0n) is 10.2. The number of hydrogen-bond acceptors (Lipinski definition) is 5. The summed E-state index contributed by atoms with van der Waals surface area (Å²) in [5.41, 5.74) is 6.26. The molecular weight excluding hydrogens is 287 g/mol. The fourth-order valence-electron chi connectivity index (χ4n) is 1.42. The van der Waals surface area contributed by atoms with Gasteiger partial charge in [-0.2, -0.15) is 15.0 Å². The number of aromatic nitrogens is 3. The molecule has 0 aliphatic carbocycles. The van der Waals surface area contributed by atoms with Gasteiger partial charge >= 0.3 is 6.01 Å². The summed E-state index contributed by atoms with van der Waals surface area (Å²) in [6.45, 7) is 2.50. The third-order valence-corrected chi connectivity index (χ3v) is 2.79. The Morgan fingerprint density at radius 3 is 2.68 bits per heavy atom. The first-order valence-corrected chi connectivity index (χ1v) is 6.45. The summed E-state index contributed by atoms with van der Waals surface area (Å²) in [4.78, 5) is 12.1.